The van der Waals surface area contributed by atoms with Crippen molar-refractivity contribution in [3.8, 4) is 0 Å². The van der Waals surface area contributed by atoms with Gasteiger partial charge >= 0.3 is 5.97 Å². The predicted molar refractivity (Wildman–Crippen MR) is 51.2 cm³/mol. The van der Waals surface area contributed by atoms with E-state index in [0.717, 1.165) is 0 Å². The first kappa shape index (κ1) is 10.7. The Balaban J connectivity index is 4.19. The Hall–Kier alpha value is 0.650. The Kier molecular flexibility index (Phi) is 5.67. The third-order valence-corrected chi connectivity index (χ3v) is 1.88. The molecule has 1 N–H and O–H groups in total. The van der Waals surface area contributed by atoms with Crippen LogP contribution in [0.4, 0.5) is 0 Å². The first-order valence-electron chi connectivity index (χ1n) is 2.36. The summed E-state index contributed by atoms with van der Waals surface area (Å²) in [6.45, 7) is 0. The number of carboxylic acids is 1. The number of alkyl halides is 3. The molecule has 0 heterocycles. The highest BCUT2D eigenvalue weighted by Crippen LogP contribution is 2.13. The second-order valence-electron chi connectivity index (χ2n) is 1.47. The van der Waals surface area contributed by atoms with Gasteiger partial charge in [0.25, 0.3) is 0 Å². The zero-order valence-corrected chi connectivity index (χ0v) is 9.61. The molecule has 0 spiro atoms. The Morgan fingerprint density at radius 3 is 2.20 bits per heavy atom. The molecule has 0 atom stereocenters. The summed E-state index contributed by atoms with van der Waals surface area (Å²) in [5, 5.41) is 8.84. The van der Waals surface area contributed by atoms with Crippen LogP contribution in [0.15, 0.2) is 11.6 Å². The minimum atomic E-state index is -0.902. The number of rotatable bonds is 3. The molecule has 2 nitrogen and oxygen atoms in total. The molecule has 0 aromatic rings. The topological polar surface area (TPSA) is 37.3 Å². The molecule has 0 aliphatic rings. The summed E-state index contributed by atoms with van der Waals surface area (Å²) in [4.78, 5) is 10.3. The van der Waals surface area contributed by atoms with Gasteiger partial charge in [0.1, 0.15) is 0 Å². The van der Waals surface area contributed by atoms with E-state index < -0.39 is 5.97 Å². The summed E-state index contributed by atoms with van der Waals surface area (Å²) in [6, 6.07) is 0. The van der Waals surface area contributed by atoms with Crippen LogP contribution in [0.3, 0.4) is 0 Å². The molecular weight excluding hydrogens is 332 g/mol. The molecule has 0 aliphatic heterocycles. The molecule has 0 fully saturated rings. The van der Waals surface area contributed by atoms with Crippen molar-refractivity contribution in [2.24, 2.45) is 0 Å². The fraction of sp³-hybridized carbons (Fsp3) is 0.400. The van der Waals surface area contributed by atoms with Gasteiger partial charge in [0.15, 0.2) is 0 Å². The van der Waals surface area contributed by atoms with Crippen LogP contribution in [0.1, 0.15) is 0 Å². The molecule has 0 saturated heterocycles. The Morgan fingerprint density at radius 1 is 1.60 bits per heavy atom. The molecular formula is C5H5Br3O2. The first-order chi connectivity index (χ1) is 4.57. The summed E-state index contributed by atoms with van der Waals surface area (Å²) in [6.07, 6.45) is 1.57. The van der Waals surface area contributed by atoms with Crippen molar-refractivity contribution in [2.45, 2.75) is 3.74 Å². The Labute approximate surface area is 84.1 Å². The second kappa shape index (κ2) is 5.32. The average molecular weight is 337 g/mol. The Morgan fingerprint density at radius 2 is 2.10 bits per heavy atom. The standard InChI is InChI=1S/C5H5Br3O2/c6-2-3(5(9)10)1-4(7)8/h1,4H,2H2,(H,9,10)/b3-1-. The van der Waals surface area contributed by atoms with Crippen LogP contribution in [0.5, 0.6) is 0 Å². The zero-order chi connectivity index (χ0) is 8.15. The van der Waals surface area contributed by atoms with Crippen LogP contribution in [0, 0.1) is 0 Å². The van der Waals surface area contributed by atoms with Crippen LogP contribution >= 0.6 is 47.8 Å². The molecule has 0 amide bonds. The van der Waals surface area contributed by atoms with E-state index in [4.69, 9.17) is 5.11 Å². The van der Waals surface area contributed by atoms with Gasteiger partial charge in [0, 0.05) is 10.9 Å². The highest BCUT2D eigenvalue weighted by molar-refractivity contribution is 9.24. The third kappa shape index (κ3) is 4.46. The molecule has 0 rings (SSSR count). The number of hydrogen-bond acceptors (Lipinski definition) is 1. The number of allylic oxidation sites excluding steroid dienone is 1. The van der Waals surface area contributed by atoms with E-state index in [9.17, 15) is 4.79 Å². The molecule has 0 aromatic heterocycles. The van der Waals surface area contributed by atoms with Crippen molar-refractivity contribution >= 4 is 53.8 Å². The fourth-order valence-electron chi connectivity index (χ4n) is 0.325. The van der Waals surface area contributed by atoms with E-state index in [2.05, 4.69) is 47.8 Å². The van der Waals surface area contributed by atoms with Gasteiger partial charge in [0.2, 0.25) is 0 Å². The molecule has 5 heteroatoms. The van der Waals surface area contributed by atoms with Crippen molar-refractivity contribution < 1.29 is 9.90 Å². The average Bonchev–Trinajstić information content (AvgIpc) is 1.81. The second-order valence-corrected chi connectivity index (χ2v) is 5.23. The molecule has 0 bridgehead atoms. The molecule has 0 saturated carbocycles. The smallest absolute Gasteiger partial charge is 0.332 e. The SMILES string of the molecule is O=C(O)/C(=C\C(Br)Br)CBr. The minimum absolute atomic E-state index is 0.0800. The van der Waals surface area contributed by atoms with E-state index in [1.807, 2.05) is 0 Å². The van der Waals surface area contributed by atoms with Gasteiger partial charge in [-0.2, -0.15) is 0 Å². The summed E-state index contributed by atoms with van der Waals surface area (Å²) >= 11 is 9.33. The van der Waals surface area contributed by atoms with Gasteiger partial charge in [-0.1, -0.05) is 47.8 Å². The summed E-state index contributed by atoms with van der Waals surface area (Å²) < 4.78 is -0.0800. The highest BCUT2D eigenvalue weighted by atomic mass is 79.9. The summed E-state index contributed by atoms with van der Waals surface area (Å²) in [5.41, 5.74) is 0.332. The van der Waals surface area contributed by atoms with Crippen LogP contribution in [0.25, 0.3) is 0 Å². The van der Waals surface area contributed by atoms with Crippen molar-refractivity contribution in [1.82, 2.24) is 0 Å². The normalized spacial score (nSPS) is 12.2. The lowest BCUT2D eigenvalue weighted by atomic mass is 10.3. The van der Waals surface area contributed by atoms with Crippen molar-refractivity contribution in [3.63, 3.8) is 0 Å². The lowest BCUT2D eigenvalue weighted by Crippen LogP contribution is -2.02. The molecule has 0 unspecified atom stereocenters. The number of hydrogen-bond donors (Lipinski definition) is 1. The molecule has 0 aliphatic carbocycles. The number of halogens is 3. The molecule has 10 heavy (non-hydrogen) atoms. The van der Waals surface area contributed by atoms with E-state index in [1.165, 1.54) is 0 Å². The maximum atomic E-state index is 10.3. The number of aliphatic carboxylic acids is 1. The van der Waals surface area contributed by atoms with Gasteiger partial charge < -0.3 is 5.11 Å². The third-order valence-electron chi connectivity index (χ3n) is 0.746. The number of carboxylic acid groups (broad SMARTS) is 1. The van der Waals surface area contributed by atoms with E-state index in [-0.39, 0.29) is 3.74 Å². The van der Waals surface area contributed by atoms with Crippen LogP contribution in [-0.4, -0.2) is 20.1 Å². The monoisotopic (exact) mass is 334 g/mol. The van der Waals surface area contributed by atoms with Crippen LogP contribution in [0.2, 0.25) is 0 Å². The molecule has 58 valence electrons. The van der Waals surface area contributed by atoms with Gasteiger partial charge in [-0.25, -0.2) is 4.79 Å². The number of carbonyl (C=O) groups is 1. The van der Waals surface area contributed by atoms with Gasteiger partial charge in [-0.3, -0.25) is 0 Å². The van der Waals surface area contributed by atoms with E-state index in [1.54, 1.807) is 6.08 Å². The van der Waals surface area contributed by atoms with Crippen molar-refractivity contribution in [3.05, 3.63) is 11.6 Å². The zero-order valence-electron chi connectivity index (χ0n) is 4.85. The lowest BCUT2D eigenvalue weighted by molar-refractivity contribution is -0.132. The molecule has 0 aromatic carbocycles. The summed E-state index contributed by atoms with van der Waals surface area (Å²) in [5.74, 6) is -0.902. The van der Waals surface area contributed by atoms with Gasteiger partial charge in [0.05, 0.1) is 3.74 Å². The molecule has 0 radical (unpaired) electrons. The van der Waals surface area contributed by atoms with Gasteiger partial charge in [-0.05, 0) is 6.08 Å². The Bertz CT molecular complexity index is 153. The van der Waals surface area contributed by atoms with Gasteiger partial charge in [-0.15, -0.1) is 0 Å². The van der Waals surface area contributed by atoms with Crippen LogP contribution in [-0.2, 0) is 4.79 Å². The fourth-order valence-corrected chi connectivity index (χ4v) is 1.39. The maximum absolute atomic E-state index is 10.3. The summed E-state index contributed by atoms with van der Waals surface area (Å²) in [7, 11) is 0. The van der Waals surface area contributed by atoms with Crippen LogP contribution < -0.4 is 0 Å². The largest absolute Gasteiger partial charge is 0.478 e. The van der Waals surface area contributed by atoms with Crippen molar-refractivity contribution in [1.29, 1.82) is 0 Å². The quantitative estimate of drug-likeness (QED) is 0.635. The van der Waals surface area contributed by atoms with Crippen molar-refractivity contribution in [2.75, 3.05) is 5.33 Å². The predicted octanol–water partition coefficient (Wildman–Crippen LogP) is 2.51. The van der Waals surface area contributed by atoms with E-state index in [0.29, 0.717) is 10.9 Å². The first-order valence-corrected chi connectivity index (χ1v) is 5.31. The highest BCUT2D eigenvalue weighted by Gasteiger charge is 2.05. The van der Waals surface area contributed by atoms with E-state index >= 15 is 0 Å². The maximum Gasteiger partial charge on any atom is 0.332 e. The lowest BCUT2D eigenvalue weighted by Gasteiger charge is -1.96. The minimum Gasteiger partial charge on any atom is -0.478 e.